The van der Waals surface area contributed by atoms with E-state index in [1.807, 2.05) is 0 Å². The van der Waals surface area contributed by atoms with Crippen LogP contribution in [0.15, 0.2) is 109 Å². The molecule has 4 aromatic carbocycles. The summed E-state index contributed by atoms with van der Waals surface area (Å²) in [6, 6.07) is 26.9. The van der Waals surface area contributed by atoms with Crippen LogP contribution in [0.4, 0.5) is 26.3 Å². The number of nitrogens with one attached hydrogen (secondary N) is 1. The minimum atomic E-state index is -5.01. The molecule has 0 fully saturated rings. The molecule has 0 saturated carbocycles. The van der Waals surface area contributed by atoms with Crippen LogP contribution in [0.1, 0.15) is 23.6 Å². The number of carbonyl (C=O) groups excluding carboxylic acids is 1. The zero-order valence-corrected chi connectivity index (χ0v) is 22.1. The molecule has 1 amide bonds. The van der Waals surface area contributed by atoms with E-state index in [1.165, 1.54) is 31.2 Å². The molecule has 0 bridgehead atoms. The van der Waals surface area contributed by atoms with E-state index in [-0.39, 0.29) is 17.5 Å². The van der Waals surface area contributed by atoms with Crippen molar-refractivity contribution in [2.24, 2.45) is 0 Å². The van der Waals surface area contributed by atoms with Crippen LogP contribution in [0, 0.1) is 0 Å². The minimum Gasteiger partial charge on any atom is -0.481 e. The summed E-state index contributed by atoms with van der Waals surface area (Å²) in [5.41, 5.74) is -0.864. The van der Waals surface area contributed by atoms with Crippen molar-refractivity contribution in [3.8, 4) is 17.2 Å². The van der Waals surface area contributed by atoms with Gasteiger partial charge in [0.2, 0.25) is 0 Å². The highest BCUT2D eigenvalue weighted by molar-refractivity contribution is 5.82. The van der Waals surface area contributed by atoms with E-state index in [1.54, 1.807) is 60.7 Å². The first-order chi connectivity index (χ1) is 19.8. The summed E-state index contributed by atoms with van der Waals surface area (Å²) >= 11 is 0. The normalized spacial score (nSPS) is 12.7. The first-order valence-electron chi connectivity index (χ1n) is 12.6. The van der Waals surface area contributed by atoms with Gasteiger partial charge in [0, 0.05) is 6.42 Å². The average molecular weight is 590 g/mol. The maximum atomic E-state index is 13.7. The molecule has 220 valence electrons. The van der Waals surface area contributed by atoms with Crippen LogP contribution in [0.3, 0.4) is 0 Å². The number of alkyl halides is 6. The third kappa shape index (κ3) is 8.18. The highest BCUT2D eigenvalue weighted by Gasteiger charge is 2.40. The monoisotopic (exact) mass is 589 g/mol. The Kier molecular flexibility index (Phi) is 8.99. The van der Waals surface area contributed by atoms with Crippen LogP contribution >= 0.6 is 0 Å². The number of hydrogen-bond donors (Lipinski definition) is 1. The molecule has 1 unspecified atom stereocenters. The molecule has 4 aromatic rings. The third-order valence-electron chi connectivity index (χ3n) is 6.19. The van der Waals surface area contributed by atoms with Gasteiger partial charge in [-0.3, -0.25) is 4.79 Å². The Balaban J connectivity index is 1.87. The summed E-state index contributed by atoms with van der Waals surface area (Å²) < 4.78 is 92.9. The smallest absolute Gasteiger partial charge is 0.481 e. The van der Waals surface area contributed by atoms with Gasteiger partial charge in [0.15, 0.2) is 6.10 Å². The summed E-state index contributed by atoms with van der Waals surface area (Å²) in [6.07, 6.45) is -11.2. The summed E-state index contributed by atoms with van der Waals surface area (Å²) in [5.74, 6) is -1.46. The molecule has 11 heteroatoms. The van der Waals surface area contributed by atoms with E-state index >= 15 is 0 Å². The largest absolute Gasteiger partial charge is 0.573 e. The van der Waals surface area contributed by atoms with Gasteiger partial charge < -0.3 is 19.5 Å². The van der Waals surface area contributed by atoms with Crippen molar-refractivity contribution in [1.29, 1.82) is 0 Å². The van der Waals surface area contributed by atoms with Crippen molar-refractivity contribution >= 4 is 5.91 Å². The van der Waals surface area contributed by atoms with Crippen LogP contribution in [0.2, 0.25) is 0 Å². The number of ether oxygens (including phenoxy) is 3. The van der Waals surface area contributed by atoms with Crippen molar-refractivity contribution in [2.75, 3.05) is 0 Å². The molecule has 42 heavy (non-hydrogen) atoms. The van der Waals surface area contributed by atoms with E-state index in [4.69, 9.17) is 4.74 Å². The Morgan fingerprint density at radius 3 is 1.60 bits per heavy atom. The maximum Gasteiger partial charge on any atom is 0.573 e. The van der Waals surface area contributed by atoms with Crippen molar-refractivity contribution in [3.63, 3.8) is 0 Å². The topological polar surface area (TPSA) is 56.8 Å². The number of carbonyl (C=O) groups is 1. The van der Waals surface area contributed by atoms with Crippen LogP contribution in [0.5, 0.6) is 17.2 Å². The number of hydrogen-bond acceptors (Lipinski definition) is 4. The van der Waals surface area contributed by atoms with Crippen molar-refractivity contribution < 1.29 is 45.3 Å². The summed E-state index contributed by atoms with van der Waals surface area (Å²) in [5, 5.41) is 2.87. The zero-order valence-electron chi connectivity index (χ0n) is 22.1. The number of amides is 1. The first-order valence-corrected chi connectivity index (χ1v) is 12.6. The number of para-hydroxylation sites is 1. The Morgan fingerprint density at radius 1 is 0.667 bits per heavy atom. The lowest BCUT2D eigenvalue weighted by Gasteiger charge is -2.37. The summed E-state index contributed by atoms with van der Waals surface area (Å²) in [7, 11) is 0. The average Bonchev–Trinajstić information content (AvgIpc) is 2.92. The van der Waals surface area contributed by atoms with E-state index in [0.29, 0.717) is 11.3 Å². The van der Waals surface area contributed by atoms with Crippen molar-refractivity contribution in [1.82, 2.24) is 5.32 Å². The SMILES string of the molecule is CC(Oc1ccccc1)C(=O)NC(Cc1ccccc1)(c1cccc(OC(F)(F)F)c1)c1cccc(OC(F)(F)F)c1. The standard InChI is InChI=1S/C31H25F6NO4/c1-21(40-25-14-6-3-7-15-25)28(39)38-29(20-22-10-4-2-5-11-22,23-12-8-16-26(18-23)41-30(32,33)34)24-13-9-17-27(19-24)42-31(35,36)37/h2-19,21H,20H2,1H3,(H,38,39). The molecule has 0 spiro atoms. The van der Waals surface area contributed by atoms with Crippen LogP contribution < -0.4 is 19.5 Å². The van der Waals surface area contributed by atoms with Gasteiger partial charge in [0.05, 0.1) is 5.54 Å². The quantitative estimate of drug-likeness (QED) is 0.194. The fourth-order valence-corrected chi connectivity index (χ4v) is 4.45. The van der Waals surface area contributed by atoms with E-state index in [0.717, 1.165) is 24.3 Å². The lowest BCUT2D eigenvalue weighted by atomic mass is 9.77. The maximum absolute atomic E-state index is 13.7. The van der Waals surface area contributed by atoms with Crippen molar-refractivity contribution in [2.45, 2.75) is 37.7 Å². The Hall–Kier alpha value is -4.67. The third-order valence-corrected chi connectivity index (χ3v) is 6.19. The van der Waals surface area contributed by atoms with E-state index < -0.39 is 41.8 Å². The highest BCUT2D eigenvalue weighted by Crippen LogP contribution is 2.38. The zero-order chi connectivity index (χ0) is 30.4. The fraction of sp³-hybridized carbons (Fsp3) is 0.194. The van der Waals surface area contributed by atoms with Crippen molar-refractivity contribution in [3.05, 3.63) is 126 Å². The van der Waals surface area contributed by atoms with Gasteiger partial charge >= 0.3 is 12.7 Å². The number of benzene rings is 4. The van der Waals surface area contributed by atoms with Gasteiger partial charge in [-0.1, -0.05) is 72.8 Å². The second-order valence-corrected chi connectivity index (χ2v) is 9.28. The number of halogens is 6. The highest BCUT2D eigenvalue weighted by atomic mass is 19.4. The van der Waals surface area contributed by atoms with Gasteiger partial charge in [-0.2, -0.15) is 0 Å². The molecule has 0 aromatic heterocycles. The van der Waals surface area contributed by atoms with E-state index in [2.05, 4.69) is 14.8 Å². The lowest BCUT2D eigenvalue weighted by Crippen LogP contribution is -2.52. The Morgan fingerprint density at radius 2 is 1.12 bits per heavy atom. The second-order valence-electron chi connectivity index (χ2n) is 9.28. The van der Waals surface area contributed by atoms with E-state index in [9.17, 15) is 31.1 Å². The molecule has 0 aliphatic heterocycles. The fourth-order valence-electron chi connectivity index (χ4n) is 4.45. The lowest BCUT2D eigenvalue weighted by molar-refractivity contribution is -0.275. The van der Waals surface area contributed by atoms with Crippen LogP contribution in [-0.4, -0.2) is 24.7 Å². The van der Waals surface area contributed by atoms with Crippen LogP contribution in [0.25, 0.3) is 0 Å². The molecule has 1 atom stereocenters. The van der Waals surface area contributed by atoms with Gasteiger partial charge in [-0.05, 0) is 60.0 Å². The predicted molar refractivity (Wildman–Crippen MR) is 142 cm³/mol. The molecule has 0 heterocycles. The minimum absolute atomic E-state index is 0.0669. The van der Waals surface area contributed by atoms with Gasteiger partial charge in [-0.25, -0.2) is 0 Å². The molecule has 4 rings (SSSR count). The molecule has 0 aliphatic rings. The molecule has 1 N–H and O–H groups in total. The molecular formula is C31H25F6NO4. The van der Waals surface area contributed by atoms with Crippen LogP contribution in [-0.2, 0) is 16.8 Å². The molecule has 0 radical (unpaired) electrons. The van der Waals surface area contributed by atoms with Gasteiger partial charge in [0.25, 0.3) is 5.91 Å². The Bertz CT molecular complexity index is 1420. The molecular weight excluding hydrogens is 564 g/mol. The van der Waals surface area contributed by atoms with Gasteiger partial charge in [-0.15, -0.1) is 26.3 Å². The second kappa shape index (κ2) is 12.5. The molecule has 0 aliphatic carbocycles. The summed E-state index contributed by atoms with van der Waals surface area (Å²) in [6.45, 7) is 1.47. The van der Waals surface area contributed by atoms with Gasteiger partial charge in [0.1, 0.15) is 17.2 Å². The first kappa shape index (κ1) is 30.3. The number of rotatable bonds is 10. The summed E-state index contributed by atoms with van der Waals surface area (Å²) in [4.78, 5) is 13.7. The Labute approximate surface area is 237 Å². The molecule has 5 nitrogen and oxygen atoms in total. The predicted octanol–water partition coefficient (Wildman–Crippen LogP) is 7.55. The molecule has 0 saturated heterocycles.